The molecule has 0 aliphatic rings. The van der Waals surface area contributed by atoms with Crippen LogP contribution < -0.4 is 5.32 Å². The lowest BCUT2D eigenvalue weighted by atomic mass is 10.0. The lowest BCUT2D eigenvalue weighted by Gasteiger charge is -2.29. The van der Waals surface area contributed by atoms with Crippen LogP contribution in [0.15, 0.2) is 36.5 Å². The van der Waals surface area contributed by atoms with Crippen LogP contribution in [0.4, 0.5) is 10.2 Å². The maximum absolute atomic E-state index is 13.3. The summed E-state index contributed by atoms with van der Waals surface area (Å²) in [7, 11) is 3.32. The van der Waals surface area contributed by atoms with E-state index in [1.54, 1.807) is 40.1 Å². The maximum atomic E-state index is 13.3. The lowest BCUT2D eigenvalue weighted by molar-refractivity contribution is -0.132. The highest BCUT2D eigenvalue weighted by Crippen LogP contribution is 2.29. The largest absolute Gasteiger partial charge is 0.504 e. The molecule has 1 aromatic carbocycles. The van der Waals surface area contributed by atoms with Crippen LogP contribution in [-0.4, -0.2) is 40.5 Å². The lowest BCUT2D eigenvalue weighted by Crippen LogP contribution is -2.47. The second-order valence-electron chi connectivity index (χ2n) is 6.05. The molecule has 6 heteroatoms. The summed E-state index contributed by atoms with van der Waals surface area (Å²) in [6.07, 6.45) is 1.52. The number of nitrogens with zero attached hydrogens (tertiary/aromatic N) is 2. The predicted octanol–water partition coefficient (Wildman–Crippen LogP) is 2.87. The molecule has 2 rings (SSSR count). The second kappa shape index (κ2) is 6.24. The standard InChI is InChI=1S/C17H20FN3O2/c1-17(2,16(23)21(3)4)20-15-14(22)9-12(10-19-15)11-6-5-7-13(18)8-11/h5-10,22H,1-4H3,(H,19,20). The number of nitrogens with one attached hydrogen (secondary N) is 1. The van der Waals surface area contributed by atoms with E-state index in [2.05, 4.69) is 10.3 Å². The molecule has 0 unspecified atom stereocenters. The van der Waals surface area contributed by atoms with Crippen LogP contribution in [0, 0.1) is 5.82 Å². The highest BCUT2D eigenvalue weighted by atomic mass is 19.1. The summed E-state index contributed by atoms with van der Waals surface area (Å²) in [6, 6.07) is 7.52. The van der Waals surface area contributed by atoms with Crippen molar-refractivity contribution in [3.63, 3.8) is 0 Å². The van der Waals surface area contributed by atoms with E-state index in [4.69, 9.17) is 0 Å². The van der Waals surface area contributed by atoms with Crippen molar-refractivity contribution in [3.05, 3.63) is 42.3 Å². The van der Waals surface area contributed by atoms with Gasteiger partial charge < -0.3 is 15.3 Å². The normalized spacial score (nSPS) is 11.2. The molecule has 1 amide bonds. The van der Waals surface area contributed by atoms with Gasteiger partial charge in [0.2, 0.25) is 5.91 Å². The minimum absolute atomic E-state index is 0.105. The van der Waals surface area contributed by atoms with Crippen molar-refractivity contribution in [1.29, 1.82) is 0 Å². The zero-order chi connectivity index (χ0) is 17.2. The quantitative estimate of drug-likeness (QED) is 0.910. The SMILES string of the molecule is CN(C)C(=O)C(C)(C)Nc1ncc(-c2cccc(F)c2)cc1O. The molecule has 1 aromatic heterocycles. The molecule has 23 heavy (non-hydrogen) atoms. The molecule has 2 N–H and O–H groups in total. The molecular weight excluding hydrogens is 297 g/mol. The molecule has 5 nitrogen and oxygen atoms in total. The first-order valence-electron chi connectivity index (χ1n) is 7.15. The van der Waals surface area contributed by atoms with Crippen molar-refractivity contribution in [2.45, 2.75) is 19.4 Å². The van der Waals surface area contributed by atoms with Gasteiger partial charge in [-0.3, -0.25) is 4.79 Å². The summed E-state index contributed by atoms with van der Waals surface area (Å²) < 4.78 is 13.3. The van der Waals surface area contributed by atoms with Crippen LogP contribution in [0.3, 0.4) is 0 Å². The van der Waals surface area contributed by atoms with Gasteiger partial charge in [-0.15, -0.1) is 0 Å². The van der Waals surface area contributed by atoms with Gasteiger partial charge in [0.25, 0.3) is 0 Å². The Labute approximate surface area is 134 Å². The number of carbonyl (C=O) groups excluding carboxylic acids is 1. The van der Waals surface area contributed by atoms with Gasteiger partial charge >= 0.3 is 0 Å². The van der Waals surface area contributed by atoms with E-state index in [1.165, 1.54) is 29.3 Å². The fourth-order valence-corrected chi connectivity index (χ4v) is 2.28. The third-order valence-corrected chi connectivity index (χ3v) is 3.40. The molecule has 0 bridgehead atoms. The number of likely N-dealkylation sites (N-methyl/N-ethyl adjacent to an activating group) is 1. The van der Waals surface area contributed by atoms with Crippen molar-refractivity contribution < 1.29 is 14.3 Å². The number of hydrogen-bond acceptors (Lipinski definition) is 4. The molecule has 0 aliphatic heterocycles. The molecule has 0 radical (unpaired) electrons. The summed E-state index contributed by atoms with van der Waals surface area (Å²) in [5, 5.41) is 13.1. The number of hydrogen-bond donors (Lipinski definition) is 2. The molecule has 0 aliphatic carbocycles. The molecule has 1 heterocycles. The average molecular weight is 317 g/mol. The van der Waals surface area contributed by atoms with Gasteiger partial charge in [-0.05, 0) is 37.6 Å². The smallest absolute Gasteiger partial charge is 0.247 e. The third kappa shape index (κ3) is 3.77. The van der Waals surface area contributed by atoms with Gasteiger partial charge in [0.1, 0.15) is 11.4 Å². The van der Waals surface area contributed by atoms with Crippen molar-refractivity contribution in [2.75, 3.05) is 19.4 Å². The Bertz CT molecular complexity index is 730. The molecule has 2 aromatic rings. The number of halogens is 1. The number of pyridine rings is 1. The number of aromatic nitrogens is 1. The fourth-order valence-electron chi connectivity index (χ4n) is 2.28. The Balaban J connectivity index is 2.28. The van der Waals surface area contributed by atoms with Gasteiger partial charge in [0, 0.05) is 25.9 Å². The molecular formula is C17H20FN3O2. The zero-order valence-electron chi connectivity index (χ0n) is 13.6. The Hall–Kier alpha value is -2.63. The summed E-state index contributed by atoms with van der Waals surface area (Å²) in [6.45, 7) is 3.41. The molecule has 0 fully saturated rings. The van der Waals surface area contributed by atoms with E-state index < -0.39 is 5.54 Å². The molecule has 0 atom stereocenters. The Kier molecular flexibility index (Phi) is 4.54. The summed E-state index contributed by atoms with van der Waals surface area (Å²) in [4.78, 5) is 17.7. The van der Waals surface area contributed by atoms with Crippen molar-refractivity contribution in [3.8, 4) is 16.9 Å². The Morgan fingerprint density at radius 2 is 1.96 bits per heavy atom. The van der Waals surface area contributed by atoms with Gasteiger partial charge in [0.15, 0.2) is 11.6 Å². The van der Waals surface area contributed by atoms with Gasteiger partial charge in [-0.25, -0.2) is 9.37 Å². The molecule has 0 spiro atoms. The summed E-state index contributed by atoms with van der Waals surface area (Å²) in [5.41, 5.74) is 0.279. The summed E-state index contributed by atoms with van der Waals surface area (Å²) in [5.74, 6) is -0.411. The molecule has 122 valence electrons. The topological polar surface area (TPSA) is 65.5 Å². The minimum Gasteiger partial charge on any atom is -0.504 e. The monoisotopic (exact) mass is 317 g/mol. The molecule has 0 saturated heterocycles. The first-order chi connectivity index (χ1) is 10.7. The number of amides is 1. The maximum Gasteiger partial charge on any atom is 0.247 e. The van der Waals surface area contributed by atoms with E-state index in [0.717, 1.165) is 0 Å². The highest BCUT2D eigenvalue weighted by molar-refractivity contribution is 5.88. The van der Waals surface area contributed by atoms with E-state index in [1.807, 2.05) is 0 Å². The number of rotatable bonds is 4. The zero-order valence-corrected chi connectivity index (χ0v) is 13.6. The van der Waals surface area contributed by atoms with E-state index in [0.29, 0.717) is 11.1 Å². The van der Waals surface area contributed by atoms with Gasteiger partial charge in [-0.2, -0.15) is 0 Å². The van der Waals surface area contributed by atoms with Crippen LogP contribution in [0.1, 0.15) is 13.8 Å². The van der Waals surface area contributed by atoms with Crippen LogP contribution in [-0.2, 0) is 4.79 Å². The fraction of sp³-hybridized carbons (Fsp3) is 0.294. The van der Waals surface area contributed by atoms with Crippen LogP contribution >= 0.6 is 0 Å². The predicted molar refractivity (Wildman–Crippen MR) is 87.7 cm³/mol. The molecule has 0 saturated carbocycles. The first-order valence-corrected chi connectivity index (χ1v) is 7.15. The minimum atomic E-state index is -0.922. The number of benzene rings is 1. The highest BCUT2D eigenvalue weighted by Gasteiger charge is 2.30. The van der Waals surface area contributed by atoms with E-state index in [9.17, 15) is 14.3 Å². The Morgan fingerprint density at radius 3 is 2.52 bits per heavy atom. The van der Waals surface area contributed by atoms with Crippen molar-refractivity contribution >= 4 is 11.7 Å². The Morgan fingerprint density at radius 1 is 1.26 bits per heavy atom. The second-order valence-corrected chi connectivity index (χ2v) is 6.05. The third-order valence-electron chi connectivity index (χ3n) is 3.40. The van der Waals surface area contributed by atoms with Gasteiger partial charge in [0.05, 0.1) is 0 Å². The van der Waals surface area contributed by atoms with E-state index >= 15 is 0 Å². The average Bonchev–Trinajstić information content (AvgIpc) is 2.48. The first kappa shape index (κ1) is 16.7. The van der Waals surface area contributed by atoms with Crippen LogP contribution in [0.5, 0.6) is 5.75 Å². The van der Waals surface area contributed by atoms with Crippen molar-refractivity contribution in [2.24, 2.45) is 0 Å². The van der Waals surface area contributed by atoms with Crippen LogP contribution in [0.25, 0.3) is 11.1 Å². The van der Waals surface area contributed by atoms with Gasteiger partial charge in [-0.1, -0.05) is 12.1 Å². The number of aromatic hydroxyl groups is 1. The van der Waals surface area contributed by atoms with Crippen LogP contribution in [0.2, 0.25) is 0 Å². The number of anilines is 1. The van der Waals surface area contributed by atoms with E-state index in [-0.39, 0.29) is 23.3 Å². The van der Waals surface area contributed by atoms with Crippen molar-refractivity contribution in [1.82, 2.24) is 9.88 Å². The number of carbonyl (C=O) groups is 1. The summed E-state index contributed by atoms with van der Waals surface area (Å²) >= 11 is 0.